The minimum Gasteiger partial charge on any atom is -0.324 e. The summed E-state index contributed by atoms with van der Waals surface area (Å²) < 4.78 is 38.5. The number of benzene rings is 2. The first-order chi connectivity index (χ1) is 11.6. The number of anilines is 2. The molecule has 0 aliphatic heterocycles. The van der Waals surface area contributed by atoms with Crippen LogP contribution in [-0.4, -0.2) is 26.6 Å². The number of para-hydroxylation sites is 1. The molecule has 0 aliphatic carbocycles. The summed E-state index contributed by atoms with van der Waals surface area (Å²) >= 11 is 0. The first-order valence-electron chi connectivity index (χ1n) is 7.73. The van der Waals surface area contributed by atoms with Crippen LogP contribution in [0.3, 0.4) is 0 Å². The van der Waals surface area contributed by atoms with Gasteiger partial charge in [0.2, 0.25) is 15.9 Å². The van der Waals surface area contributed by atoms with Crippen LogP contribution in [0.15, 0.2) is 42.5 Å². The van der Waals surface area contributed by atoms with Crippen LogP contribution in [0, 0.1) is 19.7 Å². The van der Waals surface area contributed by atoms with Crippen LogP contribution < -0.4 is 9.62 Å². The number of halogens is 1. The lowest BCUT2D eigenvalue weighted by molar-refractivity contribution is -0.116. The molecule has 2 aromatic carbocycles. The van der Waals surface area contributed by atoms with Crippen LogP contribution in [-0.2, 0) is 14.8 Å². The Bertz CT molecular complexity index is 859. The van der Waals surface area contributed by atoms with E-state index in [0.717, 1.165) is 33.8 Å². The standard InChI is InChI=1S/C18H21FN2O3S/c1-12-6-5-7-13(2)17(12)20-18(22)14(3)21(25(4,23)24)16-10-8-15(19)9-11-16/h5-11,14H,1-4H3,(H,20,22)/t14-/m0/s1. The zero-order valence-corrected chi connectivity index (χ0v) is 15.4. The van der Waals surface area contributed by atoms with E-state index in [4.69, 9.17) is 0 Å². The van der Waals surface area contributed by atoms with E-state index in [-0.39, 0.29) is 5.69 Å². The van der Waals surface area contributed by atoms with Gasteiger partial charge in [0.15, 0.2) is 0 Å². The van der Waals surface area contributed by atoms with E-state index >= 15 is 0 Å². The molecule has 0 spiro atoms. The maximum atomic E-state index is 13.1. The zero-order chi connectivity index (χ0) is 18.8. The molecular formula is C18H21FN2O3S. The number of nitrogens with one attached hydrogen (secondary N) is 1. The Kier molecular flexibility index (Phi) is 5.47. The number of hydrogen-bond acceptors (Lipinski definition) is 3. The molecule has 5 nitrogen and oxygen atoms in total. The minimum atomic E-state index is -3.74. The largest absolute Gasteiger partial charge is 0.324 e. The van der Waals surface area contributed by atoms with E-state index in [0.29, 0.717) is 5.69 Å². The number of aryl methyl sites for hydroxylation is 2. The van der Waals surface area contributed by atoms with Crippen molar-refractivity contribution in [3.05, 3.63) is 59.4 Å². The normalized spacial score (nSPS) is 12.5. The lowest BCUT2D eigenvalue weighted by Gasteiger charge is -2.28. The molecule has 0 saturated carbocycles. The monoisotopic (exact) mass is 364 g/mol. The van der Waals surface area contributed by atoms with Crippen molar-refractivity contribution in [1.82, 2.24) is 0 Å². The Morgan fingerprint density at radius 1 is 1.08 bits per heavy atom. The second kappa shape index (κ2) is 7.23. The lowest BCUT2D eigenvalue weighted by Crippen LogP contribution is -2.45. The van der Waals surface area contributed by atoms with Gasteiger partial charge in [-0.05, 0) is 56.2 Å². The number of sulfonamides is 1. The van der Waals surface area contributed by atoms with Gasteiger partial charge in [0.1, 0.15) is 11.9 Å². The van der Waals surface area contributed by atoms with Crippen LogP contribution >= 0.6 is 0 Å². The molecular weight excluding hydrogens is 343 g/mol. The van der Waals surface area contributed by atoms with E-state index in [9.17, 15) is 17.6 Å². The number of rotatable bonds is 5. The quantitative estimate of drug-likeness (QED) is 0.886. The van der Waals surface area contributed by atoms with Crippen molar-refractivity contribution in [2.24, 2.45) is 0 Å². The van der Waals surface area contributed by atoms with Crippen molar-refractivity contribution in [3.8, 4) is 0 Å². The summed E-state index contributed by atoms with van der Waals surface area (Å²) in [6.07, 6.45) is 1.01. The molecule has 2 rings (SSSR count). The van der Waals surface area contributed by atoms with E-state index in [1.807, 2.05) is 32.0 Å². The highest BCUT2D eigenvalue weighted by molar-refractivity contribution is 7.92. The summed E-state index contributed by atoms with van der Waals surface area (Å²) in [5.74, 6) is -0.947. The van der Waals surface area contributed by atoms with Gasteiger partial charge in [-0.1, -0.05) is 18.2 Å². The molecule has 1 atom stereocenters. The highest BCUT2D eigenvalue weighted by Crippen LogP contribution is 2.24. The minimum absolute atomic E-state index is 0.230. The van der Waals surface area contributed by atoms with Gasteiger partial charge in [-0.25, -0.2) is 12.8 Å². The van der Waals surface area contributed by atoms with Crippen LogP contribution in [0.5, 0.6) is 0 Å². The number of carbonyl (C=O) groups is 1. The van der Waals surface area contributed by atoms with Crippen molar-refractivity contribution in [2.75, 3.05) is 15.9 Å². The Labute approximate surface area is 147 Å². The molecule has 134 valence electrons. The summed E-state index contributed by atoms with van der Waals surface area (Å²) in [4.78, 5) is 12.7. The topological polar surface area (TPSA) is 66.5 Å². The lowest BCUT2D eigenvalue weighted by atomic mass is 10.1. The predicted octanol–water partition coefficient (Wildman–Crippen LogP) is 3.24. The van der Waals surface area contributed by atoms with Crippen LogP contribution in [0.4, 0.5) is 15.8 Å². The number of hydrogen-bond donors (Lipinski definition) is 1. The highest BCUT2D eigenvalue weighted by atomic mass is 32.2. The summed E-state index contributed by atoms with van der Waals surface area (Å²) in [6, 6.07) is 9.58. The molecule has 0 heterocycles. The van der Waals surface area contributed by atoms with E-state index in [1.165, 1.54) is 19.1 Å². The maximum absolute atomic E-state index is 13.1. The molecule has 0 aliphatic rings. The van der Waals surface area contributed by atoms with Crippen molar-refractivity contribution in [3.63, 3.8) is 0 Å². The first-order valence-corrected chi connectivity index (χ1v) is 9.58. The third-order valence-electron chi connectivity index (χ3n) is 3.90. The van der Waals surface area contributed by atoms with Gasteiger partial charge in [0, 0.05) is 5.69 Å². The average Bonchev–Trinajstić information content (AvgIpc) is 2.51. The van der Waals surface area contributed by atoms with E-state index in [1.54, 1.807) is 0 Å². The van der Waals surface area contributed by atoms with Crippen molar-refractivity contribution >= 4 is 27.3 Å². The van der Waals surface area contributed by atoms with Gasteiger partial charge < -0.3 is 5.32 Å². The van der Waals surface area contributed by atoms with Gasteiger partial charge in [-0.15, -0.1) is 0 Å². The van der Waals surface area contributed by atoms with E-state index < -0.39 is 27.8 Å². The number of amides is 1. The summed E-state index contributed by atoms with van der Waals surface area (Å²) in [7, 11) is -3.74. The molecule has 7 heteroatoms. The fourth-order valence-corrected chi connectivity index (χ4v) is 3.81. The van der Waals surface area contributed by atoms with Gasteiger partial charge in [-0.2, -0.15) is 0 Å². The molecule has 25 heavy (non-hydrogen) atoms. The predicted molar refractivity (Wildman–Crippen MR) is 97.7 cm³/mol. The molecule has 0 bridgehead atoms. The fraction of sp³-hybridized carbons (Fsp3) is 0.278. The maximum Gasteiger partial charge on any atom is 0.248 e. The molecule has 1 amide bonds. The van der Waals surface area contributed by atoms with Crippen LogP contribution in [0.25, 0.3) is 0 Å². The van der Waals surface area contributed by atoms with Crippen molar-refractivity contribution < 1.29 is 17.6 Å². The van der Waals surface area contributed by atoms with Crippen LogP contribution in [0.1, 0.15) is 18.1 Å². The highest BCUT2D eigenvalue weighted by Gasteiger charge is 2.29. The summed E-state index contributed by atoms with van der Waals surface area (Å²) in [5.41, 5.74) is 2.65. The number of nitrogens with zero attached hydrogens (tertiary/aromatic N) is 1. The molecule has 0 fully saturated rings. The average molecular weight is 364 g/mol. The second-order valence-electron chi connectivity index (χ2n) is 5.97. The summed E-state index contributed by atoms with van der Waals surface area (Å²) in [5, 5.41) is 2.79. The Morgan fingerprint density at radius 3 is 2.08 bits per heavy atom. The third kappa shape index (κ3) is 4.36. The first kappa shape index (κ1) is 18.9. The Hall–Kier alpha value is -2.41. The summed E-state index contributed by atoms with van der Waals surface area (Å²) in [6.45, 7) is 5.22. The molecule has 0 aromatic heterocycles. The Morgan fingerprint density at radius 2 is 1.60 bits per heavy atom. The molecule has 0 saturated heterocycles. The Balaban J connectivity index is 2.35. The molecule has 0 radical (unpaired) electrons. The van der Waals surface area contributed by atoms with E-state index in [2.05, 4.69) is 5.32 Å². The smallest absolute Gasteiger partial charge is 0.248 e. The van der Waals surface area contributed by atoms with Gasteiger partial charge in [-0.3, -0.25) is 9.10 Å². The van der Waals surface area contributed by atoms with Gasteiger partial charge in [0.05, 0.1) is 11.9 Å². The van der Waals surface area contributed by atoms with Crippen LogP contribution in [0.2, 0.25) is 0 Å². The van der Waals surface area contributed by atoms with Gasteiger partial charge in [0.25, 0.3) is 0 Å². The molecule has 0 unspecified atom stereocenters. The third-order valence-corrected chi connectivity index (χ3v) is 5.14. The molecule has 2 aromatic rings. The zero-order valence-electron chi connectivity index (χ0n) is 14.6. The van der Waals surface area contributed by atoms with Gasteiger partial charge >= 0.3 is 0 Å². The fourth-order valence-electron chi connectivity index (χ4n) is 2.64. The molecule has 1 N–H and O–H groups in total. The van der Waals surface area contributed by atoms with Crippen molar-refractivity contribution in [2.45, 2.75) is 26.8 Å². The number of carbonyl (C=O) groups excluding carboxylic acids is 1. The SMILES string of the molecule is Cc1cccc(C)c1NC(=O)[C@H](C)N(c1ccc(F)cc1)S(C)(=O)=O. The van der Waals surface area contributed by atoms with Crippen molar-refractivity contribution in [1.29, 1.82) is 0 Å². The second-order valence-corrected chi connectivity index (χ2v) is 7.83.